The molecule has 1 rings (SSSR count). The molecule has 0 heterocycles. The molecule has 0 amide bonds. The molecular formula is C25H46N2. The predicted molar refractivity (Wildman–Crippen MR) is 121 cm³/mol. The second kappa shape index (κ2) is 18.5. The minimum Gasteiger partial charge on any atom is -0.329 e. The van der Waals surface area contributed by atoms with Gasteiger partial charge in [-0.05, 0) is 18.5 Å². The van der Waals surface area contributed by atoms with Crippen LogP contribution in [0.3, 0.4) is 0 Å². The van der Waals surface area contributed by atoms with Gasteiger partial charge in [0, 0.05) is 19.6 Å². The van der Waals surface area contributed by atoms with E-state index >= 15 is 0 Å². The molecule has 156 valence electrons. The Morgan fingerprint density at radius 3 is 1.59 bits per heavy atom. The lowest BCUT2D eigenvalue weighted by atomic mass is 10.0. The lowest BCUT2D eigenvalue weighted by Crippen LogP contribution is -2.30. The minimum atomic E-state index is 0.755. The van der Waals surface area contributed by atoms with Crippen molar-refractivity contribution >= 4 is 0 Å². The lowest BCUT2D eigenvalue weighted by molar-refractivity contribution is 0.265. The first-order chi connectivity index (χ1) is 13.4. The fourth-order valence-corrected chi connectivity index (χ4v) is 3.82. The second-order valence-corrected chi connectivity index (χ2v) is 8.15. The van der Waals surface area contributed by atoms with Crippen LogP contribution in [0, 0.1) is 0 Å². The summed E-state index contributed by atoms with van der Waals surface area (Å²) in [6.45, 7) is 6.28. The van der Waals surface area contributed by atoms with E-state index in [0.717, 1.165) is 19.6 Å². The van der Waals surface area contributed by atoms with Crippen LogP contribution in [0.15, 0.2) is 30.3 Å². The zero-order chi connectivity index (χ0) is 19.4. The molecule has 1 aromatic rings. The first kappa shape index (κ1) is 24.2. The van der Waals surface area contributed by atoms with Gasteiger partial charge < -0.3 is 5.73 Å². The fourth-order valence-electron chi connectivity index (χ4n) is 3.82. The molecule has 1 aromatic carbocycles. The summed E-state index contributed by atoms with van der Waals surface area (Å²) in [4.78, 5) is 2.51. The highest BCUT2D eigenvalue weighted by Gasteiger charge is 2.04. The van der Waals surface area contributed by atoms with Crippen molar-refractivity contribution in [3.63, 3.8) is 0 Å². The molecule has 0 atom stereocenters. The van der Waals surface area contributed by atoms with Crippen molar-refractivity contribution < 1.29 is 0 Å². The Morgan fingerprint density at radius 1 is 0.630 bits per heavy atom. The van der Waals surface area contributed by atoms with E-state index in [2.05, 4.69) is 42.2 Å². The van der Waals surface area contributed by atoms with Gasteiger partial charge in [-0.3, -0.25) is 4.90 Å². The van der Waals surface area contributed by atoms with E-state index in [1.54, 1.807) is 0 Å². The van der Waals surface area contributed by atoms with E-state index < -0.39 is 0 Å². The van der Waals surface area contributed by atoms with Gasteiger partial charge >= 0.3 is 0 Å². The summed E-state index contributed by atoms with van der Waals surface area (Å²) >= 11 is 0. The highest BCUT2D eigenvalue weighted by molar-refractivity contribution is 5.14. The number of nitrogens with two attached hydrogens (primary N) is 1. The third kappa shape index (κ3) is 14.8. The number of nitrogens with zero attached hydrogens (tertiary/aromatic N) is 1. The van der Waals surface area contributed by atoms with Crippen LogP contribution in [0.1, 0.15) is 102 Å². The monoisotopic (exact) mass is 374 g/mol. The number of rotatable bonds is 19. The SMILES string of the molecule is CCCCCCCCCCCCCCCCN(CCN)Cc1ccccc1. The first-order valence-corrected chi connectivity index (χ1v) is 11.8. The van der Waals surface area contributed by atoms with Crippen LogP contribution < -0.4 is 5.73 Å². The van der Waals surface area contributed by atoms with Gasteiger partial charge in [-0.1, -0.05) is 121 Å². The van der Waals surface area contributed by atoms with Crippen molar-refractivity contribution in [2.75, 3.05) is 19.6 Å². The van der Waals surface area contributed by atoms with E-state index in [1.165, 1.54) is 102 Å². The molecule has 0 fully saturated rings. The summed E-state index contributed by atoms with van der Waals surface area (Å²) in [7, 11) is 0. The van der Waals surface area contributed by atoms with Crippen LogP contribution in [0.2, 0.25) is 0 Å². The summed E-state index contributed by atoms with van der Waals surface area (Å²) in [6.07, 6.45) is 19.9. The van der Waals surface area contributed by atoms with E-state index in [0.29, 0.717) is 0 Å². The maximum Gasteiger partial charge on any atom is 0.0234 e. The van der Waals surface area contributed by atoms with Crippen LogP contribution in [0.5, 0.6) is 0 Å². The first-order valence-electron chi connectivity index (χ1n) is 11.8. The Morgan fingerprint density at radius 2 is 1.11 bits per heavy atom. The lowest BCUT2D eigenvalue weighted by Gasteiger charge is -2.21. The van der Waals surface area contributed by atoms with E-state index in [1.807, 2.05) is 0 Å². The van der Waals surface area contributed by atoms with Crippen LogP contribution in [-0.4, -0.2) is 24.5 Å². The number of hydrogen-bond donors (Lipinski definition) is 1. The topological polar surface area (TPSA) is 29.3 Å². The molecule has 2 nitrogen and oxygen atoms in total. The Kier molecular flexibility index (Phi) is 16.6. The molecule has 2 N–H and O–H groups in total. The summed E-state index contributed by atoms with van der Waals surface area (Å²) < 4.78 is 0. The smallest absolute Gasteiger partial charge is 0.0234 e. The quantitative estimate of drug-likeness (QED) is 0.266. The average Bonchev–Trinajstić information content (AvgIpc) is 2.69. The van der Waals surface area contributed by atoms with Gasteiger partial charge in [-0.15, -0.1) is 0 Å². The van der Waals surface area contributed by atoms with Gasteiger partial charge in [-0.2, -0.15) is 0 Å². The second-order valence-electron chi connectivity index (χ2n) is 8.15. The maximum atomic E-state index is 5.79. The van der Waals surface area contributed by atoms with Gasteiger partial charge in [0.1, 0.15) is 0 Å². The molecule has 0 saturated carbocycles. The molecule has 0 radical (unpaired) electrons. The van der Waals surface area contributed by atoms with E-state index in [4.69, 9.17) is 5.73 Å². The number of hydrogen-bond acceptors (Lipinski definition) is 2. The highest BCUT2D eigenvalue weighted by atomic mass is 15.1. The fraction of sp³-hybridized carbons (Fsp3) is 0.760. The molecule has 0 aliphatic heterocycles. The van der Waals surface area contributed by atoms with Crippen molar-refractivity contribution in [2.45, 2.75) is 103 Å². The molecule has 0 saturated heterocycles. The maximum absolute atomic E-state index is 5.79. The standard InChI is InChI=1S/C25H46N2/c1-2-3-4-5-6-7-8-9-10-11-12-13-14-18-22-27(23-21-26)24-25-19-16-15-17-20-25/h15-17,19-20H,2-14,18,21-24,26H2,1H3. The summed E-state index contributed by atoms with van der Waals surface area (Å²) in [6, 6.07) is 10.8. The Bertz CT molecular complexity index is 404. The number of benzene rings is 1. The molecule has 0 aliphatic carbocycles. The normalized spacial score (nSPS) is 11.4. The van der Waals surface area contributed by atoms with Gasteiger partial charge in [0.2, 0.25) is 0 Å². The van der Waals surface area contributed by atoms with E-state index in [-0.39, 0.29) is 0 Å². The largest absolute Gasteiger partial charge is 0.329 e. The van der Waals surface area contributed by atoms with Crippen molar-refractivity contribution in [1.29, 1.82) is 0 Å². The predicted octanol–water partition coefficient (Wildman–Crippen LogP) is 6.93. The molecule has 0 bridgehead atoms. The van der Waals surface area contributed by atoms with Crippen molar-refractivity contribution in [3.05, 3.63) is 35.9 Å². The molecule has 0 aromatic heterocycles. The van der Waals surface area contributed by atoms with Gasteiger partial charge in [0.25, 0.3) is 0 Å². The zero-order valence-corrected chi connectivity index (χ0v) is 18.1. The summed E-state index contributed by atoms with van der Waals surface area (Å²) in [5.41, 5.74) is 7.19. The molecular weight excluding hydrogens is 328 g/mol. The third-order valence-corrected chi connectivity index (χ3v) is 5.52. The van der Waals surface area contributed by atoms with E-state index in [9.17, 15) is 0 Å². The van der Waals surface area contributed by atoms with Crippen molar-refractivity contribution in [2.24, 2.45) is 5.73 Å². The minimum absolute atomic E-state index is 0.755. The van der Waals surface area contributed by atoms with Crippen molar-refractivity contribution in [1.82, 2.24) is 4.90 Å². The third-order valence-electron chi connectivity index (χ3n) is 5.52. The number of unbranched alkanes of at least 4 members (excludes halogenated alkanes) is 13. The van der Waals surface area contributed by atoms with Gasteiger partial charge in [0.15, 0.2) is 0 Å². The van der Waals surface area contributed by atoms with Crippen LogP contribution in [0.25, 0.3) is 0 Å². The Labute approximate surface area is 169 Å². The van der Waals surface area contributed by atoms with Crippen LogP contribution in [-0.2, 0) is 6.54 Å². The Balaban J connectivity index is 1.90. The van der Waals surface area contributed by atoms with Crippen molar-refractivity contribution in [3.8, 4) is 0 Å². The summed E-state index contributed by atoms with van der Waals surface area (Å²) in [5, 5.41) is 0. The van der Waals surface area contributed by atoms with Gasteiger partial charge in [-0.25, -0.2) is 0 Å². The molecule has 2 heteroatoms. The van der Waals surface area contributed by atoms with Gasteiger partial charge in [0.05, 0.1) is 0 Å². The molecule has 0 aliphatic rings. The average molecular weight is 375 g/mol. The van der Waals surface area contributed by atoms with Crippen LogP contribution >= 0.6 is 0 Å². The highest BCUT2D eigenvalue weighted by Crippen LogP contribution is 2.13. The Hall–Kier alpha value is -0.860. The molecule has 27 heavy (non-hydrogen) atoms. The molecule has 0 spiro atoms. The zero-order valence-electron chi connectivity index (χ0n) is 18.1. The summed E-state index contributed by atoms with van der Waals surface area (Å²) in [5.74, 6) is 0. The molecule has 0 unspecified atom stereocenters. The van der Waals surface area contributed by atoms with Crippen LogP contribution in [0.4, 0.5) is 0 Å².